The molecular formula is C16H23N5. The smallest absolute Gasteiger partial charge is 0.165 e. The fraction of sp³-hybridized carbons (Fsp3) is 0.562. The van der Waals surface area contributed by atoms with E-state index in [9.17, 15) is 0 Å². The van der Waals surface area contributed by atoms with Crippen molar-refractivity contribution in [2.24, 2.45) is 0 Å². The van der Waals surface area contributed by atoms with E-state index in [4.69, 9.17) is 0 Å². The van der Waals surface area contributed by atoms with Crippen LogP contribution in [0.5, 0.6) is 0 Å². The van der Waals surface area contributed by atoms with Gasteiger partial charge in [-0.15, -0.1) is 0 Å². The van der Waals surface area contributed by atoms with Crippen LogP contribution in [0, 0.1) is 13.8 Å². The summed E-state index contributed by atoms with van der Waals surface area (Å²) in [6.45, 7) is 9.60. The molecule has 1 aliphatic rings. The lowest BCUT2D eigenvalue weighted by molar-refractivity contribution is 0.277. The summed E-state index contributed by atoms with van der Waals surface area (Å²) in [7, 11) is 0. The van der Waals surface area contributed by atoms with Gasteiger partial charge in [0.1, 0.15) is 12.1 Å². The minimum absolute atomic E-state index is 0.610. The lowest BCUT2D eigenvalue weighted by atomic mass is 10.1. The number of rotatable bonds is 4. The van der Waals surface area contributed by atoms with E-state index in [-0.39, 0.29) is 0 Å². The number of likely N-dealkylation sites (tertiary alicyclic amines) is 1. The molecule has 21 heavy (non-hydrogen) atoms. The lowest BCUT2D eigenvalue weighted by Crippen LogP contribution is -2.34. The molecule has 3 heterocycles. The Labute approximate surface area is 125 Å². The van der Waals surface area contributed by atoms with Gasteiger partial charge in [-0.1, -0.05) is 6.92 Å². The van der Waals surface area contributed by atoms with Crippen molar-refractivity contribution in [2.75, 3.05) is 25.0 Å². The third-order valence-corrected chi connectivity index (χ3v) is 4.34. The Kier molecular flexibility index (Phi) is 4.01. The molecule has 1 N–H and O–H groups in total. The Bertz CT molecular complexity index is 640. The minimum Gasteiger partial charge on any atom is -0.368 e. The van der Waals surface area contributed by atoms with E-state index >= 15 is 0 Å². The van der Waals surface area contributed by atoms with Crippen LogP contribution >= 0.6 is 0 Å². The van der Waals surface area contributed by atoms with E-state index in [0.29, 0.717) is 6.04 Å². The number of likely N-dealkylation sites (N-methyl/N-ethyl adjacent to an activating group) is 1. The van der Waals surface area contributed by atoms with Crippen LogP contribution in [0.1, 0.15) is 31.0 Å². The van der Waals surface area contributed by atoms with Crippen molar-refractivity contribution in [1.82, 2.24) is 19.9 Å². The van der Waals surface area contributed by atoms with Crippen molar-refractivity contribution in [3.05, 3.63) is 23.7 Å². The highest BCUT2D eigenvalue weighted by molar-refractivity contribution is 5.89. The van der Waals surface area contributed by atoms with Crippen LogP contribution in [0.4, 0.5) is 5.82 Å². The average Bonchev–Trinajstić information content (AvgIpc) is 2.91. The zero-order chi connectivity index (χ0) is 14.8. The number of aryl methyl sites for hydroxylation is 2. The third kappa shape index (κ3) is 2.83. The standard InChI is InChI=1S/C16H23N5/c1-4-21-7-5-6-13(21)9-17-15-14-11(2)8-12(3)20-16(14)19-10-18-15/h8,10,13H,4-7,9H2,1-3H3,(H,17,18,19,20). The van der Waals surface area contributed by atoms with Crippen LogP contribution in [-0.4, -0.2) is 45.5 Å². The Hall–Kier alpha value is -1.75. The molecule has 1 atom stereocenters. The molecule has 112 valence electrons. The summed E-state index contributed by atoms with van der Waals surface area (Å²) in [6, 6.07) is 2.70. The molecule has 0 aliphatic carbocycles. The zero-order valence-corrected chi connectivity index (χ0v) is 13.1. The Morgan fingerprint density at radius 2 is 2.19 bits per heavy atom. The van der Waals surface area contributed by atoms with Gasteiger partial charge in [0.05, 0.1) is 5.39 Å². The first-order chi connectivity index (χ1) is 10.2. The molecule has 1 aliphatic heterocycles. The number of pyridine rings is 1. The molecule has 5 nitrogen and oxygen atoms in total. The van der Waals surface area contributed by atoms with Gasteiger partial charge in [-0.05, 0) is 51.4 Å². The minimum atomic E-state index is 0.610. The summed E-state index contributed by atoms with van der Waals surface area (Å²) in [5.41, 5.74) is 2.96. The maximum Gasteiger partial charge on any atom is 0.165 e. The molecule has 0 radical (unpaired) electrons. The molecule has 0 spiro atoms. The van der Waals surface area contributed by atoms with Gasteiger partial charge in [0.2, 0.25) is 0 Å². The fourth-order valence-corrected chi connectivity index (χ4v) is 3.30. The van der Waals surface area contributed by atoms with E-state index in [1.54, 1.807) is 6.33 Å². The number of aromatic nitrogens is 3. The first kappa shape index (κ1) is 14.2. The SMILES string of the molecule is CCN1CCCC1CNc1ncnc2nc(C)cc(C)c12. The lowest BCUT2D eigenvalue weighted by Gasteiger charge is -2.23. The Morgan fingerprint density at radius 1 is 1.33 bits per heavy atom. The number of hydrogen-bond donors (Lipinski definition) is 1. The van der Waals surface area contributed by atoms with Crippen LogP contribution in [-0.2, 0) is 0 Å². The summed E-state index contributed by atoms with van der Waals surface area (Å²) in [6.07, 6.45) is 4.16. The molecule has 2 aromatic rings. The number of fused-ring (bicyclic) bond motifs is 1. The van der Waals surface area contributed by atoms with Crippen LogP contribution in [0.2, 0.25) is 0 Å². The van der Waals surface area contributed by atoms with E-state index in [1.165, 1.54) is 24.9 Å². The highest BCUT2D eigenvalue weighted by atomic mass is 15.2. The predicted molar refractivity (Wildman–Crippen MR) is 85.6 cm³/mol. The molecule has 3 rings (SSSR count). The van der Waals surface area contributed by atoms with E-state index in [1.807, 2.05) is 6.92 Å². The highest BCUT2D eigenvalue weighted by Gasteiger charge is 2.23. The molecule has 1 fully saturated rings. The first-order valence-electron chi connectivity index (χ1n) is 7.76. The Morgan fingerprint density at radius 3 is 3.00 bits per heavy atom. The Balaban J connectivity index is 1.84. The van der Waals surface area contributed by atoms with Gasteiger partial charge < -0.3 is 5.32 Å². The van der Waals surface area contributed by atoms with Crippen molar-refractivity contribution in [2.45, 2.75) is 39.7 Å². The van der Waals surface area contributed by atoms with E-state index in [2.05, 4.69) is 45.1 Å². The summed E-state index contributed by atoms with van der Waals surface area (Å²) in [4.78, 5) is 15.8. The van der Waals surface area contributed by atoms with Gasteiger partial charge in [-0.3, -0.25) is 4.90 Å². The number of anilines is 1. The van der Waals surface area contributed by atoms with Crippen molar-refractivity contribution in [3.63, 3.8) is 0 Å². The van der Waals surface area contributed by atoms with Crippen LogP contribution < -0.4 is 5.32 Å². The monoisotopic (exact) mass is 285 g/mol. The van der Waals surface area contributed by atoms with Crippen molar-refractivity contribution >= 4 is 16.9 Å². The largest absolute Gasteiger partial charge is 0.368 e. The maximum absolute atomic E-state index is 4.51. The van der Waals surface area contributed by atoms with Gasteiger partial charge in [-0.25, -0.2) is 15.0 Å². The molecule has 1 saturated heterocycles. The van der Waals surface area contributed by atoms with Crippen molar-refractivity contribution in [3.8, 4) is 0 Å². The summed E-state index contributed by atoms with van der Waals surface area (Å²) in [5.74, 6) is 0.910. The van der Waals surface area contributed by atoms with Gasteiger partial charge >= 0.3 is 0 Å². The molecule has 1 unspecified atom stereocenters. The molecule has 0 bridgehead atoms. The maximum atomic E-state index is 4.51. The fourth-order valence-electron chi connectivity index (χ4n) is 3.30. The molecule has 5 heteroatoms. The number of nitrogens with zero attached hydrogens (tertiary/aromatic N) is 4. The quantitative estimate of drug-likeness (QED) is 0.935. The van der Waals surface area contributed by atoms with Gasteiger partial charge in [-0.2, -0.15) is 0 Å². The number of nitrogens with one attached hydrogen (secondary N) is 1. The second kappa shape index (κ2) is 5.93. The summed E-state index contributed by atoms with van der Waals surface area (Å²) in [5, 5.41) is 4.57. The topological polar surface area (TPSA) is 53.9 Å². The summed E-state index contributed by atoms with van der Waals surface area (Å²) >= 11 is 0. The molecule has 0 aromatic carbocycles. The second-order valence-corrected chi connectivity index (χ2v) is 5.81. The predicted octanol–water partition coefficient (Wildman–Crippen LogP) is 2.54. The highest BCUT2D eigenvalue weighted by Crippen LogP contribution is 2.23. The van der Waals surface area contributed by atoms with Crippen LogP contribution in [0.15, 0.2) is 12.4 Å². The third-order valence-electron chi connectivity index (χ3n) is 4.34. The van der Waals surface area contributed by atoms with Gasteiger partial charge in [0.25, 0.3) is 0 Å². The first-order valence-corrected chi connectivity index (χ1v) is 7.76. The molecular weight excluding hydrogens is 262 g/mol. The normalized spacial score (nSPS) is 19.3. The molecule has 0 amide bonds. The van der Waals surface area contributed by atoms with Crippen LogP contribution in [0.3, 0.4) is 0 Å². The van der Waals surface area contributed by atoms with E-state index < -0.39 is 0 Å². The molecule has 0 saturated carbocycles. The van der Waals surface area contributed by atoms with E-state index in [0.717, 1.165) is 35.6 Å². The van der Waals surface area contributed by atoms with Gasteiger partial charge in [0.15, 0.2) is 5.65 Å². The summed E-state index contributed by atoms with van der Waals surface area (Å²) < 4.78 is 0. The van der Waals surface area contributed by atoms with Crippen molar-refractivity contribution in [1.29, 1.82) is 0 Å². The zero-order valence-electron chi connectivity index (χ0n) is 13.1. The van der Waals surface area contributed by atoms with Gasteiger partial charge in [0, 0.05) is 18.3 Å². The molecule has 2 aromatic heterocycles. The van der Waals surface area contributed by atoms with Crippen molar-refractivity contribution < 1.29 is 0 Å². The second-order valence-electron chi connectivity index (χ2n) is 5.81. The number of hydrogen-bond acceptors (Lipinski definition) is 5. The van der Waals surface area contributed by atoms with Crippen LogP contribution in [0.25, 0.3) is 11.0 Å². The average molecular weight is 285 g/mol.